The molecule has 2 aromatic carbocycles. The Balaban J connectivity index is 1.24. The zero-order valence-corrected chi connectivity index (χ0v) is 19.0. The Kier molecular flexibility index (Phi) is 6.77. The van der Waals surface area contributed by atoms with Crippen LogP contribution in [0.2, 0.25) is 5.02 Å². The van der Waals surface area contributed by atoms with E-state index in [1.54, 1.807) is 12.1 Å². The SMILES string of the molecule is Cc1ccccc1N1CCC(O)(CN2CCC(O)(COc3cccc(Cl)c3)CC2)CC1. The van der Waals surface area contributed by atoms with Crippen molar-refractivity contribution in [2.24, 2.45) is 0 Å². The smallest absolute Gasteiger partial charge is 0.120 e. The van der Waals surface area contributed by atoms with Gasteiger partial charge < -0.3 is 24.7 Å². The van der Waals surface area contributed by atoms with E-state index in [0.717, 1.165) is 39.0 Å². The van der Waals surface area contributed by atoms with Gasteiger partial charge in [-0.3, -0.25) is 0 Å². The molecular weight excluding hydrogens is 412 g/mol. The molecule has 2 aromatic rings. The number of para-hydroxylation sites is 1. The molecule has 2 fully saturated rings. The molecule has 0 atom stereocenters. The van der Waals surface area contributed by atoms with Crippen LogP contribution in [0.15, 0.2) is 48.5 Å². The van der Waals surface area contributed by atoms with E-state index in [1.165, 1.54) is 11.3 Å². The van der Waals surface area contributed by atoms with Gasteiger partial charge in [0.25, 0.3) is 0 Å². The number of piperidine rings is 2. The van der Waals surface area contributed by atoms with E-state index in [9.17, 15) is 10.2 Å². The van der Waals surface area contributed by atoms with Crippen molar-refractivity contribution in [3.63, 3.8) is 0 Å². The average Bonchev–Trinajstić information content (AvgIpc) is 2.76. The van der Waals surface area contributed by atoms with Crippen LogP contribution in [-0.4, -0.2) is 65.6 Å². The van der Waals surface area contributed by atoms with Gasteiger partial charge in [0.05, 0.1) is 5.60 Å². The van der Waals surface area contributed by atoms with Gasteiger partial charge in [0.2, 0.25) is 0 Å². The second-order valence-corrected chi connectivity index (χ2v) is 9.68. The minimum absolute atomic E-state index is 0.261. The fourth-order valence-corrected chi connectivity index (χ4v) is 4.88. The Morgan fingerprint density at radius 2 is 1.58 bits per heavy atom. The molecule has 0 bridgehead atoms. The highest BCUT2D eigenvalue weighted by Crippen LogP contribution is 2.31. The molecular formula is C25H33ClN2O3. The fourth-order valence-electron chi connectivity index (χ4n) is 4.70. The number of hydrogen-bond acceptors (Lipinski definition) is 5. The lowest BCUT2D eigenvalue weighted by molar-refractivity contribution is -0.0747. The Labute approximate surface area is 190 Å². The van der Waals surface area contributed by atoms with E-state index in [4.69, 9.17) is 16.3 Å². The van der Waals surface area contributed by atoms with Crippen LogP contribution in [0.3, 0.4) is 0 Å². The van der Waals surface area contributed by atoms with Gasteiger partial charge in [0, 0.05) is 43.4 Å². The van der Waals surface area contributed by atoms with Crippen LogP contribution < -0.4 is 9.64 Å². The highest BCUT2D eigenvalue weighted by Gasteiger charge is 2.38. The van der Waals surface area contributed by atoms with Crippen molar-refractivity contribution in [3.8, 4) is 5.75 Å². The Morgan fingerprint density at radius 3 is 2.26 bits per heavy atom. The predicted molar refractivity (Wildman–Crippen MR) is 125 cm³/mol. The summed E-state index contributed by atoms with van der Waals surface area (Å²) in [5.74, 6) is 0.679. The molecule has 5 nitrogen and oxygen atoms in total. The van der Waals surface area contributed by atoms with Crippen molar-refractivity contribution in [3.05, 3.63) is 59.1 Å². The van der Waals surface area contributed by atoms with Crippen molar-refractivity contribution in [1.29, 1.82) is 0 Å². The number of aryl methyl sites for hydroxylation is 1. The summed E-state index contributed by atoms with van der Waals surface area (Å²) in [6.07, 6.45) is 2.80. The number of aliphatic hydroxyl groups is 2. The minimum Gasteiger partial charge on any atom is -0.491 e. The van der Waals surface area contributed by atoms with Gasteiger partial charge in [-0.15, -0.1) is 0 Å². The van der Waals surface area contributed by atoms with Gasteiger partial charge in [-0.1, -0.05) is 35.9 Å². The van der Waals surface area contributed by atoms with Crippen LogP contribution in [0, 0.1) is 6.92 Å². The minimum atomic E-state index is -0.838. The molecule has 0 saturated carbocycles. The van der Waals surface area contributed by atoms with Crippen molar-refractivity contribution in [2.75, 3.05) is 44.2 Å². The lowest BCUT2D eigenvalue weighted by atomic mass is 9.87. The van der Waals surface area contributed by atoms with E-state index in [1.807, 2.05) is 12.1 Å². The van der Waals surface area contributed by atoms with Gasteiger partial charge >= 0.3 is 0 Å². The lowest BCUT2D eigenvalue weighted by Gasteiger charge is -2.44. The maximum Gasteiger partial charge on any atom is 0.120 e. The normalized spacial score (nSPS) is 21.1. The third-order valence-corrected chi connectivity index (χ3v) is 6.99. The quantitative estimate of drug-likeness (QED) is 0.708. The molecule has 0 radical (unpaired) electrons. The second-order valence-electron chi connectivity index (χ2n) is 9.24. The maximum atomic E-state index is 11.2. The monoisotopic (exact) mass is 444 g/mol. The number of hydrogen-bond donors (Lipinski definition) is 2. The first-order valence-corrected chi connectivity index (χ1v) is 11.6. The summed E-state index contributed by atoms with van der Waals surface area (Å²) in [5, 5.41) is 22.7. The zero-order valence-electron chi connectivity index (χ0n) is 18.3. The molecule has 0 spiro atoms. The van der Waals surface area contributed by atoms with E-state index >= 15 is 0 Å². The molecule has 6 heteroatoms. The number of rotatable bonds is 6. The number of β-amino-alcohol motifs (C(OH)–C–C–N with tert-alkyl or cyclic N) is 1. The average molecular weight is 445 g/mol. The summed E-state index contributed by atoms with van der Waals surface area (Å²) in [7, 11) is 0. The van der Waals surface area contributed by atoms with E-state index in [-0.39, 0.29) is 6.61 Å². The molecule has 2 aliphatic heterocycles. The number of likely N-dealkylation sites (tertiary alicyclic amines) is 1. The van der Waals surface area contributed by atoms with Gasteiger partial charge in [-0.05, 0) is 62.4 Å². The molecule has 0 unspecified atom stereocenters. The van der Waals surface area contributed by atoms with E-state index in [0.29, 0.717) is 30.2 Å². The molecule has 31 heavy (non-hydrogen) atoms. The van der Waals surface area contributed by atoms with Crippen LogP contribution in [0.25, 0.3) is 0 Å². The highest BCUT2D eigenvalue weighted by atomic mass is 35.5. The number of halogens is 1. The number of anilines is 1. The molecule has 0 aromatic heterocycles. The molecule has 2 aliphatic rings. The van der Waals surface area contributed by atoms with E-state index < -0.39 is 11.2 Å². The Bertz CT molecular complexity index is 875. The van der Waals surface area contributed by atoms with Crippen LogP contribution >= 0.6 is 11.6 Å². The van der Waals surface area contributed by atoms with Crippen molar-refractivity contribution in [2.45, 2.75) is 43.8 Å². The van der Waals surface area contributed by atoms with Gasteiger partial charge in [0.1, 0.15) is 18.0 Å². The topological polar surface area (TPSA) is 56.2 Å². The Morgan fingerprint density at radius 1 is 0.903 bits per heavy atom. The van der Waals surface area contributed by atoms with Gasteiger partial charge in [-0.2, -0.15) is 0 Å². The molecule has 0 amide bonds. The third-order valence-electron chi connectivity index (χ3n) is 6.76. The van der Waals surface area contributed by atoms with Gasteiger partial charge in [0.15, 0.2) is 0 Å². The summed E-state index contributed by atoms with van der Waals surface area (Å²) in [4.78, 5) is 4.67. The summed E-state index contributed by atoms with van der Waals surface area (Å²) in [6, 6.07) is 15.7. The number of ether oxygens (including phenoxy) is 1. The van der Waals surface area contributed by atoms with Crippen LogP contribution in [-0.2, 0) is 0 Å². The summed E-state index contributed by atoms with van der Waals surface area (Å²) in [5.41, 5.74) is 1.05. The zero-order chi connectivity index (χ0) is 21.9. The van der Waals surface area contributed by atoms with E-state index in [2.05, 4.69) is 41.0 Å². The van der Waals surface area contributed by atoms with Crippen LogP contribution in [0.5, 0.6) is 5.75 Å². The molecule has 168 valence electrons. The lowest BCUT2D eigenvalue weighted by Crippen LogP contribution is -2.55. The van der Waals surface area contributed by atoms with Crippen LogP contribution in [0.4, 0.5) is 5.69 Å². The molecule has 2 saturated heterocycles. The molecule has 2 N–H and O–H groups in total. The number of nitrogens with zero attached hydrogens (tertiary/aromatic N) is 2. The summed E-state index contributed by atoms with van der Waals surface area (Å²) >= 11 is 6.00. The van der Waals surface area contributed by atoms with Crippen molar-refractivity contribution >= 4 is 17.3 Å². The molecule has 0 aliphatic carbocycles. The second kappa shape index (κ2) is 9.37. The maximum absolute atomic E-state index is 11.2. The summed E-state index contributed by atoms with van der Waals surface area (Å²) in [6.45, 7) is 6.33. The first-order chi connectivity index (χ1) is 14.8. The molecule has 4 rings (SSSR count). The predicted octanol–water partition coefficient (Wildman–Crippen LogP) is 3.89. The summed E-state index contributed by atoms with van der Waals surface area (Å²) < 4.78 is 5.79. The Hall–Kier alpha value is -1.79. The number of benzene rings is 2. The van der Waals surface area contributed by atoms with Crippen LogP contribution in [0.1, 0.15) is 31.2 Å². The fraction of sp³-hybridized carbons (Fsp3) is 0.520. The standard InChI is InChI=1S/C25H33ClN2O3/c1-20-5-2-3-8-23(20)28-15-11-24(29,12-16-28)18-27-13-9-25(30,10-14-27)19-31-22-7-4-6-21(26)17-22/h2-8,17,29-30H,9-16,18-19H2,1H3. The molecule has 2 heterocycles. The highest BCUT2D eigenvalue weighted by molar-refractivity contribution is 6.30. The van der Waals surface area contributed by atoms with Crippen molar-refractivity contribution < 1.29 is 14.9 Å². The first kappa shape index (κ1) is 22.4. The van der Waals surface area contributed by atoms with Gasteiger partial charge in [-0.25, -0.2) is 0 Å². The first-order valence-electron chi connectivity index (χ1n) is 11.2. The third kappa shape index (κ3) is 5.72. The largest absolute Gasteiger partial charge is 0.491 e. The van der Waals surface area contributed by atoms with Crippen molar-refractivity contribution in [1.82, 2.24) is 4.90 Å².